The van der Waals surface area contributed by atoms with Gasteiger partial charge in [0.1, 0.15) is 17.3 Å². The van der Waals surface area contributed by atoms with Crippen LogP contribution < -0.4 is 5.32 Å². The van der Waals surface area contributed by atoms with E-state index in [9.17, 15) is 0 Å². The molecule has 0 saturated carbocycles. The molecule has 21 heavy (non-hydrogen) atoms. The second-order valence-corrected chi connectivity index (χ2v) is 5.44. The Bertz CT molecular complexity index is 830. The van der Waals surface area contributed by atoms with Gasteiger partial charge in [0.2, 0.25) is 0 Å². The van der Waals surface area contributed by atoms with Gasteiger partial charge in [0.05, 0.1) is 0 Å². The van der Waals surface area contributed by atoms with E-state index in [1.54, 1.807) is 6.07 Å². The Kier molecular flexibility index (Phi) is 2.86. The summed E-state index contributed by atoms with van der Waals surface area (Å²) in [6.07, 6.45) is 2.43. The fourth-order valence-corrected chi connectivity index (χ4v) is 2.92. The molecule has 0 radical (unpaired) electrons. The second-order valence-electron chi connectivity index (χ2n) is 5.06. The summed E-state index contributed by atoms with van der Waals surface area (Å²) in [4.78, 5) is 8.04. The predicted octanol–water partition coefficient (Wildman–Crippen LogP) is 4.44. The summed E-state index contributed by atoms with van der Waals surface area (Å²) in [6.45, 7) is 0. The molecule has 0 unspecified atom stereocenters. The lowest BCUT2D eigenvalue weighted by Crippen LogP contribution is -1.95. The molecule has 0 bridgehead atoms. The highest BCUT2D eigenvalue weighted by Crippen LogP contribution is 2.37. The fourth-order valence-electron chi connectivity index (χ4n) is 2.77. The van der Waals surface area contributed by atoms with Crippen molar-refractivity contribution < 1.29 is 0 Å². The SMILES string of the molecule is Clc1cc(Nc2ccc3c(c2)Cc2ccccc2-3)ncn1. The van der Waals surface area contributed by atoms with Crippen molar-refractivity contribution in [3.05, 3.63) is 71.1 Å². The Hall–Kier alpha value is -2.39. The second kappa shape index (κ2) is 4.86. The Balaban J connectivity index is 1.67. The first kappa shape index (κ1) is 12.4. The molecule has 1 aromatic heterocycles. The van der Waals surface area contributed by atoms with Crippen LogP contribution in [0.4, 0.5) is 11.5 Å². The standard InChI is InChI=1S/C17H12ClN3/c18-16-9-17(20-10-19-16)21-13-5-6-15-12(8-13)7-11-3-1-2-4-14(11)15/h1-6,8-10H,7H2,(H,19,20,21). The lowest BCUT2D eigenvalue weighted by Gasteiger charge is -2.08. The van der Waals surface area contributed by atoms with E-state index in [0.29, 0.717) is 11.0 Å². The molecule has 0 spiro atoms. The minimum absolute atomic E-state index is 0.432. The number of nitrogens with zero attached hydrogens (tertiary/aromatic N) is 2. The van der Waals surface area contributed by atoms with Crippen molar-refractivity contribution in [1.82, 2.24) is 9.97 Å². The van der Waals surface area contributed by atoms with Gasteiger partial charge in [-0.2, -0.15) is 0 Å². The van der Waals surface area contributed by atoms with Crippen LogP contribution in [0.2, 0.25) is 5.15 Å². The highest BCUT2D eigenvalue weighted by atomic mass is 35.5. The van der Waals surface area contributed by atoms with Gasteiger partial charge in [0.15, 0.2) is 0 Å². The quantitative estimate of drug-likeness (QED) is 0.555. The van der Waals surface area contributed by atoms with Gasteiger partial charge in [-0.1, -0.05) is 41.9 Å². The van der Waals surface area contributed by atoms with Gasteiger partial charge >= 0.3 is 0 Å². The molecule has 4 rings (SSSR count). The largest absolute Gasteiger partial charge is 0.340 e. The van der Waals surface area contributed by atoms with Gasteiger partial charge in [-0.25, -0.2) is 9.97 Å². The molecule has 0 atom stereocenters. The van der Waals surface area contributed by atoms with Crippen molar-refractivity contribution in [1.29, 1.82) is 0 Å². The molecule has 0 saturated heterocycles. The third kappa shape index (κ3) is 2.26. The van der Waals surface area contributed by atoms with E-state index in [0.717, 1.165) is 12.1 Å². The third-order valence-corrected chi connectivity index (χ3v) is 3.91. The lowest BCUT2D eigenvalue weighted by molar-refractivity contribution is 1.17. The molecule has 1 aliphatic rings. The topological polar surface area (TPSA) is 37.8 Å². The van der Waals surface area contributed by atoms with Gasteiger partial charge in [-0.3, -0.25) is 0 Å². The average molecular weight is 294 g/mol. The molecular formula is C17H12ClN3. The van der Waals surface area contributed by atoms with Gasteiger partial charge in [0.25, 0.3) is 0 Å². The molecule has 0 aliphatic heterocycles. The molecule has 0 amide bonds. The number of nitrogens with one attached hydrogen (secondary N) is 1. The minimum Gasteiger partial charge on any atom is -0.340 e. The zero-order valence-electron chi connectivity index (χ0n) is 11.2. The van der Waals surface area contributed by atoms with Gasteiger partial charge in [-0.15, -0.1) is 0 Å². The molecule has 1 heterocycles. The van der Waals surface area contributed by atoms with Gasteiger partial charge < -0.3 is 5.32 Å². The van der Waals surface area contributed by atoms with E-state index in [1.165, 1.54) is 28.6 Å². The minimum atomic E-state index is 0.432. The van der Waals surface area contributed by atoms with Crippen molar-refractivity contribution >= 4 is 23.1 Å². The van der Waals surface area contributed by atoms with E-state index in [-0.39, 0.29) is 0 Å². The van der Waals surface area contributed by atoms with Crippen LogP contribution >= 0.6 is 11.6 Å². The Morgan fingerprint density at radius 3 is 2.67 bits per heavy atom. The summed E-state index contributed by atoms with van der Waals surface area (Å²) in [7, 11) is 0. The highest BCUT2D eigenvalue weighted by Gasteiger charge is 2.17. The smallest absolute Gasteiger partial charge is 0.135 e. The average Bonchev–Trinajstić information content (AvgIpc) is 2.85. The monoisotopic (exact) mass is 293 g/mol. The van der Waals surface area contributed by atoms with Crippen LogP contribution in [0.25, 0.3) is 11.1 Å². The van der Waals surface area contributed by atoms with Crippen LogP contribution in [0.15, 0.2) is 54.9 Å². The molecule has 1 N–H and O–H groups in total. The van der Waals surface area contributed by atoms with E-state index in [2.05, 4.69) is 57.7 Å². The number of halogens is 1. The summed E-state index contributed by atoms with van der Waals surface area (Å²) >= 11 is 5.87. The Morgan fingerprint density at radius 2 is 1.76 bits per heavy atom. The molecule has 1 aliphatic carbocycles. The number of hydrogen-bond acceptors (Lipinski definition) is 3. The predicted molar refractivity (Wildman–Crippen MR) is 85.0 cm³/mol. The molecule has 2 aromatic carbocycles. The lowest BCUT2D eigenvalue weighted by atomic mass is 10.1. The number of fused-ring (bicyclic) bond motifs is 3. The van der Waals surface area contributed by atoms with Crippen molar-refractivity contribution in [2.75, 3.05) is 5.32 Å². The highest BCUT2D eigenvalue weighted by molar-refractivity contribution is 6.29. The van der Waals surface area contributed by atoms with Crippen molar-refractivity contribution in [2.24, 2.45) is 0 Å². The maximum atomic E-state index is 5.87. The van der Waals surface area contributed by atoms with Gasteiger partial charge in [0, 0.05) is 11.8 Å². The van der Waals surface area contributed by atoms with E-state index in [4.69, 9.17) is 11.6 Å². The third-order valence-electron chi connectivity index (χ3n) is 3.70. The van der Waals surface area contributed by atoms with Crippen LogP contribution in [0.1, 0.15) is 11.1 Å². The van der Waals surface area contributed by atoms with Crippen LogP contribution in [-0.4, -0.2) is 9.97 Å². The van der Waals surface area contributed by atoms with Crippen molar-refractivity contribution in [3.8, 4) is 11.1 Å². The summed E-state index contributed by atoms with van der Waals surface area (Å²) in [5, 5.41) is 3.70. The molecule has 3 aromatic rings. The first-order valence-electron chi connectivity index (χ1n) is 6.75. The van der Waals surface area contributed by atoms with E-state index >= 15 is 0 Å². The van der Waals surface area contributed by atoms with Crippen LogP contribution in [0.5, 0.6) is 0 Å². The summed E-state index contributed by atoms with van der Waals surface area (Å²) in [6, 6.07) is 16.7. The zero-order valence-corrected chi connectivity index (χ0v) is 11.9. The summed E-state index contributed by atoms with van der Waals surface area (Å²) < 4.78 is 0. The van der Waals surface area contributed by atoms with E-state index < -0.39 is 0 Å². The Labute approximate surface area is 127 Å². The molecular weight excluding hydrogens is 282 g/mol. The molecule has 102 valence electrons. The van der Waals surface area contributed by atoms with Crippen molar-refractivity contribution in [3.63, 3.8) is 0 Å². The molecule has 3 nitrogen and oxygen atoms in total. The summed E-state index contributed by atoms with van der Waals surface area (Å²) in [5.41, 5.74) is 6.38. The van der Waals surface area contributed by atoms with Gasteiger partial charge in [-0.05, 0) is 40.8 Å². The van der Waals surface area contributed by atoms with Crippen LogP contribution in [0.3, 0.4) is 0 Å². The van der Waals surface area contributed by atoms with Crippen molar-refractivity contribution in [2.45, 2.75) is 6.42 Å². The normalized spacial score (nSPS) is 11.9. The zero-order chi connectivity index (χ0) is 14.2. The van der Waals surface area contributed by atoms with Crippen LogP contribution in [0, 0.1) is 0 Å². The number of aromatic nitrogens is 2. The summed E-state index contributed by atoms with van der Waals surface area (Å²) in [5.74, 6) is 0.700. The van der Waals surface area contributed by atoms with Crippen LogP contribution in [-0.2, 0) is 6.42 Å². The first-order valence-corrected chi connectivity index (χ1v) is 7.13. The molecule has 4 heteroatoms. The fraction of sp³-hybridized carbons (Fsp3) is 0.0588. The van der Waals surface area contributed by atoms with E-state index in [1.807, 2.05) is 0 Å². The molecule has 0 fully saturated rings. The maximum absolute atomic E-state index is 5.87. The maximum Gasteiger partial charge on any atom is 0.135 e. The number of benzene rings is 2. The Morgan fingerprint density at radius 1 is 0.905 bits per heavy atom. The number of anilines is 2. The number of rotatable bonds is 2. The number of hydrogen-bond donors (Lipinski definition) is 1. The first-order chi connectivity index (χ1) is 10.3.